The lowest BCUT2D eigenvalue weighted by Gasteiger charge is -2.12. The molecule has 2 heterocycles. The van der Waals surface area contributed by atoms with E-state index >= 15 is 0 Å². The van der Waals surface area contributed by atoms with Crippen LogP contribution in [0.3, 0.4) is 0 Å². The van der Waals surface area contributed by atoms with Crippen LogP contribution in [0.4, 0.5) is 0 Å². The molecule has 130 valence electrons. The molecule has 0 bridgehead atoms. The van der Waals surface area contributed by atoms with Crippen molar-refractivity contribution in [3.8, 4) is 5.88 Å². The van der Waals surface area contributed by atoms with Crippen LogP contribution in [-0.4, -0.2) is 45.9 Å². The van der Waals surface area contributed by atoms with Crippen molar-refractivity contribution >= 4 is 5.96 Å². The number of hydrogen-bond acceptors (Lipinski definition) is 5. The van der Waals surface area contributed by atoms with Gasteiger partial charge >= 0.3 is 0 Å². The molecule has 0 aliphatic rings. The van der Waals surface area contributed by atoms with Crippen molar-refractivity contribution in [2.75, 3.05) is 20.2 Å². The van der Waals surface area contributed by atoms with Crippen LogP contribution in [0, 0.1) is 0 Å². The van der Waals surface area contributed by atoms with E-state index in [1.54, 1.807) is 19.6 Å². The fourth-order valence-electron chi connectivity index (χ4n) is 2.17. The molecule has 0 unspecified atom stereocenters. The van der Waals surface area contributed by atoms with E-state index in [9.17, 15) is 0 Å². The fraction of sp³-hybridized carbons (Fsp3) is 0.500. The first-order valence-corrected chi connectivity index (χ1v) is 8.14. The number of pyridine rings is 1. The maximum atomic E-state index is 5.06. The Balaban J connectivity index is 1.87. The summed E-state index contributed by atoms with van der Waals surface area (Å²) in [5, 5.41) is 14.6. The number of aliphatic imine (C=N–C) groups is 1. The van der Waals surface area contributed by atoms with E-state index < -0.39 is 0 Å². The van der Waals surface area contributed by atoms with Gasteiger partial charge in [0, 0.05) is 38.3 Å². The predicted molar refractivity (Wildman–Crippen MR) is 93.0 cm³/mol. The lowest BCUT2D eigenvalue weighted by Crippen LogP contribution is -2.38. The minimum Gasteiger partial charge on any atom is -0.481 e. The molecule has 0 saturated carbocycles. The SMILES string of the molecule is CCNC(=NCc1ccc(OC)nc1)NCCn1cnnc1CC. The second kappa shape index (κ2) is 9.49. The normalized spacial score (nSPS) is 11.4. The topological polar surface area (TPSA) is 89.3 Å². The Labute approximate surface area is 142 Å². The second-order valence-corrected chi connectivity index (χ2v) is 5.12. The van der Waals surface area contributed by atoms with Gasteiger partial charge in [0.15, 0.2) is 5.96 Å². The number of ether oxygens (including phenoxy) is 1. The van der Waals surface area contributed by atoms with Crippen molar-refractivity contribution < 1.29 is 4.74 Å². The molecule has 24 heavy (non-hydrogen) atoms. The molecule has 0 amide bonds. The van der Waals surface area contributed by atoms with Crippen LogP contribution >= 0.6 is 0 Å². The van der Waals surface area contributed by atoms with E-state index in [0.29, 0.717) is 12.4 Å². The van der Waals surface area contributed by atoms with Gasteiger partial charge in [0.05, 0.1) is 13.7 Å². The number of aromatic nitrogens is 4. The summed E-state index contributed by atoms with van der Waals surface area (Å²) in [7, 11) is 1.60. The highest BCUT2D eigenvalue weighted by molar-refractivity contribution is 5.79. The van der Waals surface area contributed by atoms with E-state index in [2.05, 4.69) is 37.7 Å². The molecule has 0 aliphatic carbocycles. The van der Waals surface area contributed by atoms with Gasteiger partial charge in [-0.3, -0.25) is 0 Å². The molecule has 0 fully saturated rings. The van der Waals surface area contributed by atoms with Crippen molar-refractivity contribution in [1.82, 2.24) is 30.4 Å². The molecule has 0 aliphatic heterocycles. The average molecular weight is 331 g/mol. The first-order chi connectivity index (χ1) is 11.8. The fourth-order valence-corrected chi connectivity index (χ4v) is 2.17. The van der Waals surface area contributed by atoms with E-state index in [1.807, 2.05) is 23.6 Å². The molecule has 0 spiro atoms. The van der Waals surface area contributed by atoms with Gasteiger partial charge in [0.25, 0.3) is 0 Å². The molecule has 0 aromatic carbocycles. The summed E-state index contributed by atoms with van der Waals surface area (Å²) in [5.74, 6) is 2.37. The third-order valence-electron chi connectivity index (χ3n) is 3.43. The molecule has 0 saturated heterocycles. The van der Waals surface area contributed by atoms with Crippen molar-refractivity contribution in [1.29, 1.82) is 0 Å². The lowest BCUT2D eigenvalue weighted by molar-refractivity contribution is 0.397. The largest absolute Gasteiger partial charge is 0.481 e. The first kappa shape index (κ1) is 17.7. The van der Waals surface area contributed by atoms with Gasteiger partial charge in [-0.1, -0.05) is 13.0 Å². The molecule has 2 N–H and O–H groups in total. The van der Waals surface area contributed by atoms with Gasteiger partial charge in [-0.2, -0.15) is 0 Å². The van der Waals surface area contributed by atoms with Crippen molar-refractivity contribution in [3.05, 3.63) is 36.0 Å². The average Bonchev–Trinajstić information content (AvgIpc) is 3.07. The molecule has 8 heteroatoms. The van der Waals surface area contributed by atoms with E-state index in [-0.39, 0.29) is 0 Å². The molecular formula is C16H25N7O. The summed E-state index contributed by atoms with van der Waals surface area (Å²) in [6.45, 7) is 7.02. The molecule has 8 nitrogen and oxygen atoms in total. The summed E-state index contributed by atoms with van der Waals surface area (Å²) < 4.78 is 7.10. The maximum Gasteiger partial charge on any atom is 0.212 e. The van der Waals surface area contributed by atoms with Crippen LogP contribution in [0.25, 0.3) is 0 Å². The zero-order valence-corrected chi connectivity index (χ0v) is 14.5. The summed E-state index contributed by atoms with van der Waals surface area (Å²) >= 11 is 0. The molecule has 0 radical (unpaired) electrons. The van der Waals surface area contributed by atoms with E-state index in [1.165, 1.54) is 0 Å². The third-order valence-corrected chi connectivity index (χ3v) is 3.43. The van der Waals surface area contributed by atoms with Gasteiger partial charge in [0.1, 0.15) is 12.2 Å². The Morgan fingerprint density at radius 2 is 2.17 bits per heavy atom. The van der Waals surface area contributed by atoms with Gasteiger partial charge in [-0.25, -0.2) is 9.98 Å². The Hall–Kier alpha value is -2.64. The number of methoxy groups -OCH3 is 1. The Morgan fingerprint density at radius 1 is 1.29 bits per heavy atom. The number of guanidine groups is 1. The summed E-state index contributed by atoms with van der Waals surface area (Å²) in [4.78, 5) is 8.76. The van der Waals surface area contributed by atoms with Gasteiger partial charge in [-0.15, -0.1) is 10.2 Å². The summed E-state index contributed by atoms with van der Waals surface area (Å²) in [5.41, 5.74) is 1.03. The number of hydrogen-bond donors (Lipinski definition) is 2. The number of nitrogens with one attached hydrogen (secondary N) is 2. The zero-order chi connectivity index (χ0) is 17.2. The minimum atomic E-state index is 0.555. The van der Waals surface area contributed by atoms with Crippen molar-refractivity contribution in [3.63, 3.8) is 0 Å². The Morgan fingerprint density at radius 3 is 2.83 bits per heavy atom. The summed E-state index contributed by atoms with van der Waals surface area (Å²) in [6, 6.07) is 3.80. The Bertz CT molecular complexity index is 636. The summed E-state index contributed by atoms with van der Waals surface area (Å²) in [6.07, 6.45) is 4.41. The molecule has 2 aromatic heterocycles. The smallest absolute Gasteiger partial charge is 0.212 e. The molecular weight excluding hydrogens is 306 g/mol. The van der Waals surface area contributed by atoms with Crippen LogP contribution in [0.1, 0.15) is 25.2 Å². The van der Waals surface area contributed by atoms with Crippen LogP contribution in [-0.2, 0) is 19.5 Å². The van der Waals surface area contributed by atoms with E-state index in [4.69, 9.17) is 4.74 Å². The first-order valence-electron chi connectivity index (χ1n) is 8.14. The molecule has 2 aromatic rings. The quantitative estimate of drug-likeness (QED) is 0.554. The Kier molecular flexibility index (Phi) is 7.00. The number of aryl methyl sites for hydroxylation is 1. The van der Waals surface area contributed by atoms with Crippen LogP contribution in [0.5, 0.6) is 5.88 Å². The van der Waals surface area contributed by atoms with Crippen LogP contribution < -0.4 is 15.4 Å². The number of rotatable bonds is 8. The molecule has 2 rings (SSSR count). The number of nitrogens with zero attached hydrogens (tertiary/aromatic N) is 5. The zero-order valence-electron chi connectivity index (χ0n) is 14.5. The second-order valence-electron chi connectivity index (χ2n) is 5.12. The van der Waals surface area contributed by atoms with Crippen LogP contribution in [0.15, 0.2) is 29.6 Å². The maximum absolute atomic E-state index is 5.06. The monoisotopic (exact) mass is 331 g/mol. The van der Waals surface area contributed by atoms with Gasteiger partial charge < -0.3 is 19.9 Å². The minimum absolute atomic E-state index is 0.555. The van der Waals surface area contributed by atoms with Crippen molar-refractivity contribution in [2.24, 2.45) is 4.99 Å². The highest BCUT2D eigenvalue weighted by Gasteiger charge is 2.02. The standard InChI is InChI=1S/C16H25N7O/c1-4-14-22-21-12-23(14)9-8-18-16(17-5-2)20-11-13-6-7-15(24-3)19-10-13/h6-7,10,12H,4-5,8-9,11H2,1-3H3,(H2,17,18,20). The van der Waals surface area contributed by atoms with Gasteiger partial charge in [-0.05, 0) is 12.5 Å². The van der Waals surface area contributed by atoms with Crippen LogP contribution in [0.2, 0.25) is 0 Å². The van der Waals surface area contributed by atoms with E-state index in [0.717, 1.165) is 43.4 Å². The third kappa shape index (κ3) is 5.22. The highest BCUT2D eigenvalue weighted by Crippen LogP contribution is 2.07. The van der Waals surface area contributed by atoms with Gasteiger partial charge in [0.2, 0.25) is 5.88 Å². The highest BCUT2D eigenvalue weighted by atomic mass is 16.5. The lowest BCUT2D eigenvalue weighted by atomic mass is 10.3. The van der Waals surface area contributed by atoms with Crippen molar-refractivity contribution in [2.45, 2.75) is 33.4 Å². The predicted octanol–water partition coefficient (Wildman–Crippen LogP) is 0.999. The molecule has 0 atom stereocenters.